The summed E-state index contributed by atoms with van der Waals surface area (Å²) in [5, 5.41) is 12.6. The minimum Gasteiger partial charge on any atom is -0.496 e. The van der Waals surface area contributed by atoms with Gasteiger partial charge in [-0.3, -0.25) is 4.98 Å². The fourth-order valence-electron chi connectivity index (χ4n) is 3.60. The molecule has 6 nitrogen and oxygen atoms in total. The van der Waals surface area contributed by atoms with Crippen molar-refractivity contribution in [1.29, 1.82) is 0 Å². The van der Waals surface area contributed by atoms with E-state index in [1.54, 1.807) is 7.11 Å². The molecule has 0 spiro atoms. The fourth-order valence-corrected chi connectivity index (χ4v) is 3.60. The van der Waals surface area contributed by atoms with Crippen molar-refractivity contribution >= 4 is 5.82 Å². The van der Waals surface area contributed by atoms with Crippen molar-refractivity contribution < 1.29 is 4.74 Å². The van der Waals surface area contributed by atoms with Gasteiger partial charge in [0.1, 0.15) is 5.75 Å². The van der Waals surface area contributed by atoms with Crippen molar-refractivity contribution in [3.05, 3.63) is 66.5 Å². The Morgan fingerprint density at radius 3 is 2.75 bits per heavy atom. The molecule has 0 aliphatic carbocycles. The van der Waals surface area contributed by atoms with Gasteiger partial charge in [-0.05, 0) is 49.2 Å². The average Bonchev–Trinajstić information content (AvgIpc) is 2.79. The lowest BCUT2D eigenvalue weighted by Gasteiger charge is -2.33. The van der Waals surface area contributed by atoms with Crippen molar-refractivity contribution in [2.45, 2.75) is 25.4 Å². The maximum absolute atomic E-state index is 5.43. The SMILES string of the molecule is COc1ccccc1-c1ccc(N2CCCC(NCc3ccccn3)C2)nn1. The number of ether oxygens (including phenoxy) is 1. The zero-order valence-electron chi connectivity index (χ0n) is 16.1. The smallest absolute Gasteiger partial charge is 0.151 e. The van der Waals surface area contributed by atoms with Gasteiger partial charge < -0.3 is 15.0 Å². The van der Waals surface area contributed by atoms with E-state index in [1.807, 2.05) is 48.7 Å². The molecule has 1 aliphatic heterocycles. The summed E-state index contributed by atoms with van der Waals surface area (Å²) in [5.74, 6) is 1.73. The van der Waals surface area contributed by atoms with Crippen LogP contribution < -0.4 is 15.0 Å². The summed E-state index contributed by atoms with van der Waals surface area (Å²) < 4.78 is 5.43. The molecule has 3 heterocycles. The molecule has 1 fully saturated rings. The van der Waals surface area contributed by atoms with Crippen LogP contribution in [0.1, 0.15) is 18.5 Å². The van der Waals surface area contributed by atoms with Gasteiger partial charge in [-0.1, -0.05) is 18.2 Å². The van der Waals surface area contributed by atoms with E-state index in [9.17, 15) is 0 Å². The second-order valence-corrected chi connectivity index (χ2v) is 6.96. The van der Waals surface area contributed by atoms with E-state index in [4.69, 9.17) is 4.74 Å². The van der Waals surface area contributed by atoms with Crippen LogP contribution >= 0.6 is 0 Å². The number of benzene rings is 1. The Hall–Kier alpha value is -2.99. The van der Waals surface area contributed by atoms with Crippen LogP contribution in [-0.2, 0) is 6.54 Å². The number of pyridine rings is 1. The number of anilines is 1. The molecule has 0 amide bonds. The number of methoxy groups -OCH3 is 1. The van der Waals surface area contributed by atoms with Gasteiger partial charge in [-0.15, -0.1) is 10.2 Å². The van der Waals surface area contributed by atoms with E-state index < -0.39 is 0 Å². The first-order valence-electron chi connectivity index (χ1n) is 9.69. The number of hydrogen-bond donors (Lipinski definition) is 1. The van der Waals surface area contributed by atoms with E-state index in [1.165, 1.54) is 0 Å². The minimum atomic E-state index is 0.423. The zero-order chi connectivity index (χ0) is 19.2. The molecule has 1 saturated heterocycles. The first kappa shape index (κ1) is 18.4. The van der Waals surface area contributed by atoms with Crippen molar-refractivity contribution in [3.63, 3.8) is 0 Å². The monoisotopic (exact) mass is 375 g/mol. The minimum absolute atomic E-state index is 0.423. The van der Waals surface area contributed by atoms with Gasteiger partial charge in [0.05, 0.1) is 18.5 Å². The Kier molecular flexibility index (Phi) is 5.77. The van der Waals surface area contributed by atoms with Crippen LogP contribution in [-0.4, -0.2) is 41.4 Å². The molecule has 28 heavy (non-hydrogen) atoms. The topological polar surface area (TPSA) is 63.2 Å². The van der Waals surface area contributed by atoms with Crippen LogP contribution in [0.15, 0.2) is 60.8 Å². The number of piperidine rings is 1. The molecule has 0 saturated carbocycles. The van der Waals surface area contributed by atoms with E-state index in [2.05, 4.69) is 37.5 Å². The molecule has 6 heteroatoms. The second-order valence-electron chi connectivity index (χ2n) is 6.96. The van der Waals surface area contributed by atoms with Crippen molar-refractivity contribution in [2.75, 3.05) is 25.1 Å². The fraction of sp³-hybridized carbons (Fsp3) is 0.318. The average molecular weight is 375 g/mol. The lowest BCUT2D eigenvalue weighted by molar-refractivity contribution is 0.416. The molecular formula is C22H25N5O. The predicted molar refractivity (Wildman–Crippen MR) is 110 cm³/mol. The van der Waals surface area contributed by atoms with E-state index >= 15 is 0 Å². The molecule has 0 radical (unpaired) electrons. The summed E-state index contributed by atoms with van der Waals surface area (Å²) in [6.45, 7) is 2.72. The summed E-state index contributed by atoms with van der Waals surface area (Å²) in [7, 11) is 1.67. The number of para-hydroxylation sites is 1. The second kappa shape index (κ2) is 8.80. The van der Waals surface area contributed by atoms with Crippen LogP contribution in [0, 0.1) is 0 Å². The predicted octanol–water partition coefficient (Wildman–Crippen LogP) is 3.31. The first-order chi connectivity index (χ1) is 13.8. The first-order valence-corrected chi connectivity index (χ1v) is 9.69. The Bertz CT molecular complexity index is 885. The van der Waals surface area contributed by atoms with Gasteiger partial charge >= 0.3 is 0 Å². The molecule has 1 unspecified atom stereocenters. The number of nitrogens with one attached hydrogen (secondary N) is 1. The third-order valence-electron chi connectivity index (χ3n) is 5.08. The van der Waals surface area contributed by atoms with Crippen molar-refractivity contribution in [3.8, 4) is 17.0 Å². The van der Waals surface area contributed by atoms with Crippen LogP contribution in [0.5, 0.6) is 5.75 Å². The largest absolute Gasteiger partial charge is 0.496 e. The molecule has 144 valence electrons. The van der Waals surface area contributed by atoms with Crippen LogP contribution in [0.4, 0.5) is 5.82 Å². The molecule has 2 aromatic heterocycles. The third-order valence-corrected chi connectivity index (χ3v) is 5.08. The summed E-state index contributed by atoms with van der Waals surface area (Å²) >= 11 is 0. The molecule has 0 bridgehead atoms. The van der Waals surface area contributed by atoms with E-state index in [-0.39, 0.29) is 0 Å². The lowest BCUT2D eigenvalue weighted by Crippen LogP contribution is -2.45. The quantitative estimate of drug-likeness (QED) is 0.713. The maximum atomic E-state index is 5.43. The normalized spacial score (nSPS) is 16.8. The lowest BCUT2D eigenvalue weighted by atomic mass is 10.1. The Morgan fingerprint density at radius 2 is 1.96 bits per heavy atom. The van der Waals surface area contributed by atoms with Gasteiger partial charge in [0, 0.05) is 37.4 Å². The number of rotatable bonds is 6. The van der Waals surface area contributed by atoms with Gasteiger partial charge in [0.15, 0.2) is 5.82 Å². The van der Waals surface area contributed by atoms with Crippen LogP contribution in [0.2, 0.25) is 0 Å². The molecule has 1 aliphatic rings. The molecule has 3 aromatic rings. The summed E-state index contributed by atoms with van der Waals surface area (Å²) in [5.41, 5.74) is 2.85. The Balaban J connectivity index is 1.41. The molecule has 4 rings (SSSR count). The van der Waals surface area contributed by atoms with E-state index in [0.717, 1.165) is 61.0 Å². The number of aromatic nitrogens is 3. The molecular weight excluding hydrogens is 350 g/mol. The summed E-state index contributed by atoms with van der Waals surface area (Å²) in [6, 6.07) is 18.4. The van der Waals surface area contributed by atoms with Crippen molar-refractivity contribution in [2.24, 2.45) is 0 Å². The zero-order valence-corrected chi connectivity index (χ0v) is 16.1. The van der Waals surface area contributed by atoms with Crippen molar-refractivity contribution in [1.82, 2.24) is 20.5 Å². The third kappa shape index (κ3) is 4.28. The highest BCUT2D eigenvalue weighted by Gasteiger charge is 2.21. The Labute approximate surface area is 165 Å². The highest BCUT2D eigenvalue weighted by atomic mass is 16.5. The van der Waals surface area contributed by atoms with Crippen LogP contribution in [0.3, 0.4) is 0 Å². The van der Waals surface area contributed by atoms with Gasteiger partial charge in [0.2, 0.25) is 0 Å². The Morgan fingerprint density at radius 1 is 1.07 bits per heavy atom. The standard InChI is InChI=1S/C22H25N5O/c1-28-21-10-3-2-9-19(21)20-11-12-22(26-25-20)27-14-6-8-18(16-27)24-15-17-7-4-5-13-23-17/h2-5,7,9-13,18,24H,6,8,14-16H2,1H3. The highest BCUT2D eigenvalue weighted by Crippen LogP contribution is 2.28. The van der Waals surface area contributed by atoms with Gasteiger partial charge in [-0.25, -0.2) is 0 Å². The number of hydrogen-bond acceptors (Lipinski definition) is 6. The van der Waals surface area contributed by atoms with Crippen LogP contribution in [0.25, 0.3) is 11.3 Å². The summed E-state index contributed by atoms with van der Waals surface area (Å²) in [4.78, 5) is 6.69. The molecule has 1 N–H and O–H groups in total. The molecule has 1 atom stereocenters. The highest BCUT2D eigenvalue weighted by molar-refractivity contribution is 5.67. The van der Waals surface area contributed by atoms with Gasteiger partial charge in [0.25, 0.3) is 0 Å². The van der Waals surface area contributed by atoms with Gasteiger partial charge in [-0.2, -0.15) is 0 Å². The molecule has 1 aromatic carbocycles. The number of nitrogens with zero attached hydrogens (tertiary/aromatic N) is 4. The maximum Gasteiger partial charge on any atom is 0.151 e. The summed E-state index contributed by atoms with van der Waals surface area (Å²) in [6.07, 6.45) is 4.13. The van der Waals surface area contributed by atoms with E-state index in [0.29, 0.717) is 6.04 Å².